The van der Waals surface area contributed by atoms with E-state index in [9.17, 15) is 39.9 Å². The zero-order valence-corrected chi connectivity index (χ0v) is 21.4. The number of hydrogen-bond donors (Lipinski definition) is 6. The number of aliphatic hydroxyl groups excluding tert-OH is 3. The van der Waals surface area contributed by atoms with Gasteiger partial charge < -0.3 is 31.3 Å². The summed E-state index contributed by atoms with van der Waals surface area (Å²) in [5.41, 5.74) is 1.69. The maximum absolute atomic E-state index is 13.8. The van der Waals surface area contributed by atoms with E-state index >= 15 is 0 Å². The third-order valence-corrected chi connectivity index (χ3v) is 9.16. The molecule has 0 radical (unpaired) electrons. The molecule has 38 heavy (non-hydrogen) atoms. The summed E-state index contributed by atoms with van der Waals surface area (Å²) in [7, 11) is 3.05. The average molecular weight is 527 g/mol. The average Bonchev–Trinajstić information content (AvgIpc) is 3.37. The lowest BCUT2D eigenvalue weighted by Crippen LogP contribution is -2.68. The summed E-state index contributed by atoms with van der Waals surface area (Å²) < 4.78 is 0. The second-order valence-electron chi connectivity index (χ2n) is 11.3. The van der Waals surface area contributed by atoms with Crippen LogP contribution in [0.15, 0.2) is 40.9 Å². The van der Waals surface area contributed by atoms with Crippen LogP contribution in [-0.4, -0.2) is 79.7 Å². The molecule has 7 N–H and O–H groups in total. The molecule has 1 saturated carbocycles. The zero-order chi connectivity index (χ0) is 27.7. The number of aliphatic hydroxyl groups is 4. The number of aromatic hydroxyl groups is 1. The van der Waals surface area contributed by atoms with Crippen molar-refractivity contribution in [1.29, 1.82) is 0 Å². The van der Waals surface area contributed by atoms with Crippen LogP contribution < -0.4 is 5.73 Å². The molecule has 4 aliphatic rings. The second kappa shape index (κ2) is 9.21. The first-order chi connectivity index (χ1) is 17.9. The molecule has 4 aliphatic carbocycles. The van der Waals surface area contributed by atoms with Gasteiger partial charge in [-0.25, -0.2) is 0 Å². The number of phenolic OH excluding ortho intramolecular Hbond substituents is 1. The summed E-state index contributed by atoms with van der Waals surface area (Å²) >= 11 is 0. The number of primary amides is 1. The number of phenols is 1. The van der Waals surface area contributed by atoms with Gasteiger partial charge in [-0.3, -0.25) is 19.3 Å². The SMILES string of the molecule is CN(C)C1C(O)=C(C(N)=O)C(=O)C2(O)C(O)=C3C(=O)c4c(O)cccc4C(CCC4CCCC4)C3C(O)C12. The van der Waals surface area contributed by atoms with Crippen LogP contribution in [0.25, 0.3) is 0 Å². The molecule has 0 aliphatic heterocycles. The van der Waals surface area contributed by atoms with Crippen molar-refractivity contribution in [3.8, 4) is 5.75 Å². The number of Topliss-reactive ketones (excluding diaryl/α,β-unsaturated/α-hetero) is 2. The summed E-state index contributed by atoms with van der Waals surface area (Å²) in [5, 5.41) is 56.8. The monoisotopic (exact) mass is 526 g/mol. The third-order valence-electron chi connectivity index (χ3n) is 9.16. The van der Waals surface area contributed by atoms with Gasteiger partial charge in [0.05, 0.1) is 23.6 Å². The van der Waals surface area contributed by atoms with E-state index in [-0.39, 0.29) is 16.9 Å². The lowest BCUT2D eigenvalue weighted by molar-refractivity contribution is -0.162. The molecule has 204 valence electrons. The van der Waals surface area contributed by atoms with Crippen molar-refractivity contribution in [3.05, 3.63) is 52.0 Å². The smallest absolute Gasteiger partial charge is 0.255 e. The van der Waals surface area contributed by atoms with Crippen LogP contribution in [0.5, 0.6) is 5.75 Å². The van der Waals surface area contributed by atoms with E-state index < -0.39 is 70.1 Å². The van der Waals surface area contributed by atoms with E-state index in [0.29, 0.717) is 17.9 Å². The number of nitrogens with zero attached hydrogens (tertiary/aromatic N) is 1. The van der Waals surface area contributed by atoms with Gasteiger partial charge in [-0.05, 0) is 50.4 Å². The number of hydrogen-bond acceptors (Lipinski definition) is 9. The van der Waals surface area contributed by atoms with Gasteiger partial charge in [0.2, 0.25) is 5.78 Å². The number of ketones is 2. The lowest BCUT2D eigenvalue weighted by atomic mass is 9.54. The molecule has 0 heterocycles. The van der Waals surface area contributed by atoms with Gasteiger partial charge in [0.25, 0.3) is 5.91 Å². The van der Waals surface area contributed by atoms with E-state index in [2.05, 4.69) is 0 Å². The first-order valence-corrected chi connectivity index (χ1v) is 13.1. The largest absolute Gasteiger partial charge is 0.510 e. The maximum Gasteiger partial charge on any atom is 0.255 e. The molecular formula is C28H34N2O8. The zero-order valence-electron chi connectivity index (χ0n) is 21.4. The van der Waals surface area contributed by atoms with Gasteiger partial charge in [0, 0.05) is 11.5 Å². The van der Waals surface area contributed by atoms with Crippen molar-refractivity contribution in [2.45, 2.75) is 62.2 Å². The predicted octanol–water partition coefficient (Wildman–Crippen LogP) is 1.60. The number of rotatable bonds is 5. The third kappa shape index (κ3) is 3.54. The predicted molar refractivity (Wildman–Crippen MR) is 135 cm³/mol. The van der Waals surface area contributed by atoms with Crippen molar-refractivity contribution in [3.63, 3.8) is 0 Å². The molecule has 1 aromatic carbocycles. The van der Waals surface area contributed by atoms with Crippen LogP contribution in [0.4, 0.5) is 0 Å². The van der Waals surface area contributed by atoms with E-state index in [1.807, 2.05) is 0 Å². The normalized spacial score (nSPS) is 33.4. The van der Waals surface area contributed by atoms with Gasteiger partial charge in [-0.1, -0.05) is 37.8 Å². The minimum absolute atomic E-state index is 0.0445. The Hall–Kier alpha value is -3.21. The van der Waals surface area contributed by atoms with Gasteiger partial charge in [0.15, 0.2) is 11.4 Å². The molecule has 0 bridgehead atoms. The Kier molecular flexibility index (Phi) is 6.40. The molecular weight excluding hydrogens is 492 g/mol. The van der Waals surface area contributed by atoms with Gasteiger partial charge >= 0.3 is 0 Å². The fraction of sp³-hybridized carbons (Fsp3) is 0.536. The summed E-state index contributed by atoms with van der Waals surface area (Å²) in [6.45, 7) is 0. The quantitative estimate of drug-likeness (QED) is 0.310. The van der Waals surface area contributed by atoms with Crippen LogP contribution in [0.2, 0.25) is 0 Å². The molecule has 6 unspecified atom stereocenters. The summed E-state index contributed by atoms with van der Waals surface area (Å²) in [5.74, 6) is -8.08. The van der Waals surface area contributed by atoms with Crippen LogP contribution in [0, 0.1) is 17.8 Å². The highest BCUT2D eigenvalue weighted by atomic mass is 16.4. The number of carbonyl (C=O) groups is 3. The molecule has 1 aromatic rings. The maximum atomic E-state index is 13.8. The molecule has 10 heteroatoms. The molecule has 1 amide bonds. The first-order valence-electron chi connectivity index (χ1n) is 13.1. The van der Waals surface area contributed by atoms with Gasteiger partial charge in [-0.15, -0.1) is 0 Å². The Labute approximate surface area is 220 Å². The van der Waals surface area contributed by atoms with Crippen molar-refractivity contribution in [1.82, 2.24) is 4.90 Å². The van der Waals surface area contributed by atoms with Crippen molar-refractivity contribution in [2.75, 3.05) is 14.1 Å². The number of amides is 1. The Balaban J connectivity index is 1.74. The van der Waals surface area contributed by atoms with Crippen LogP contribution >= 0.6 is 0 Å². The number of benzene rings is 1. The van der Waals surface area contributed by atoms with E-state index in [1.165, 1.54) is 25.1 Å². The van der Waals surface area contributed by atoms with Crippen molar-refractivity contribution >= 4 is 17.5 Å². The van der Waals surface area contributed by atoms with E-state index in [0.717, 1.165) is 32.1 Å². The summed E-state index contributed by atoms with van der Waals surface area (Å²) in [4.78, 5) is 40.8. The number of carbonyl (C=O) groups excluding carboxylic acids is 3. The Morgan fingerprint density at radius 2 is 1.76 bits per heavy atom. The van der Waals surface area contributed by atoms with Crippen LogP contribution in [0.3, 0.4) is 0 Å². The number of nitrogens with two attached hydrogens (primary N) is 1. The highest BCUT2D eigenvalue weighted by molar-refractivity contribution is 6.25. The fourth-order valence-electron chi connectivity index (χ4n) is 7.45. The molecule has 0 saturated heterocycles. The van der Waals surface area contributed by atoms with Gasteiger partial charge in [-0.2, -0.15) is 0 Å². The molecule has 10 nitrogen and oxygen atoms in total. The van der Waals surface area contributed by atoms with Crippen LogP contribution in [0.1, 0.15) is 60.4 Å². The topological polar surface area (TPSA) is 182 Å². The van der Waals surface area contributed by atoms with Crippen LogP contribution in [-0.2, 0) is 9.59 Å². The molecule has 1 fully saturated rings. The number of fused-ring (bicyclic) bond motifs is 3. The minimum atomic E-state index is -2.90. The standard InChI is InChI=1S/C28H34N2O8/c1-30(2)21-20-23(33)17-14(11-10-12-6-3-4-7-12)13-8-5-9-15(31)16(13)22(32)18(17)25(35)28(20,38)26(36)19(24(21)34)27(29)37/h5,8-9,12,14,17,20-21,23,31,33-35,38H,3-4,6-7,10-11H2,1-2H3,(H2,29,37). The molecule has 0 aromatic heterocycles. The van der Waals surface area contributed by atoms with Gasteiger partial charge in [0.1, 0.15) is 22.8 Å². The highest BCUT2D eigenvalue weighted by Crippen LogP contribution is 2.56. The van der Waals surface area contributed by atoms with E-state index in [4.69, 9.17) is 5.73 Å². The van der Waals surface area contributed by atoms with E-state index in [1.54, 1.807) is 12.1 Å². The fourth-order valence-corrected chi connectivity index (χ4v) is 7.45. The number of likely N-dealkylation sites (N-methyl/N-ethyl adjacent to an activating group) is 1. The van der Waals surface area contributed by atoms with Crippen molar-refractivity contribution in [2.24, 2.45) is 23.5 Å². The molecule has 5 rings (SSSR count). The summed E-state index contributed by atoms with van der Waals surface area (Å²) in [6.07, 6.45) is 4.19. The lowest BCUT2D eigenvalue weighted by Gasteiger charge is -2.54. The Morgan fingerprint density at radius 1 is 1.11 bits per heavy atom. The highest BCUT2D eigenvalue weighted by Gasteiger charge is 2.67. The Morgan fingerprint density at radius 3 is 2.37 bits per heavy atom. The Bertz CT molecular complexity index is 1280. The second-order valence-corrected chi connectivity index (χ2v) is 11.3. The molecule has 0 spiro atoms. The molecule has 6 atom stereocenters. The van der Waals surface area contributed by atoms with Crippen molar-refractivity contribution < 1.29 is 39.9 Å². The summed E-state index contributed by atoms with van der Waals surface area (Å²) in [6, 6.07) is 3.41. The first kappa shape index (κ1) is 26.4. The minimum Gasteiger partial charge on any atom is -0.510 e.